The molecular weight excluding hydrogens is 247 g/mol. The first-order chi connectivity index (χ1) is 7.66. The third-order valence-corrected chi connectivity index (χ3v) is 2.83. The Morgan fingerprint density at radius 3 is 2.69 bits per heavy atom. The molecule has 2 nitrogen and oxygen atoms in total. The first-order valence-electron chi connectivity index (χ1n) is 4.86. The van der Waals surface area contributed by atoms with Crippen molar-refractivity contribution in [3.63, 3.8) is 0 Å². The predicted molar refractivity (Wildman–Crippen MR) is 64.2 cm³/mol. The Morgan fingerprint density at radius 2 is 2.00 bits per heavy atom. The number of hydrogen-bond acceptors (Lipinski definition) is 2. The number of rotatable bonds is 3. The summed E-state index contributed by atoms with van der Waals surface area (Å²) >= 11 is 11.7. The molecule has 2 rings (SSSR count). The Kier molecular flexibility index (Phi) is 3.42. The minimum atomic E-state index is 0.0950. The lowest BCUT2D eigenvalue weighted by atomic mass is 10.1. The molecule has 0 saturated carbocycles. The second-order valence-corrected chi connectivity index (χ2v) is 4.32. The van der Waals surface area contributed by atoms with Crippen LogP contribution in [0.15, 0.2) is 34.9 Å². The molecule has 0 aliphatic heterocycles. The first kappa shape index (κ1) is 11.4. The summed E-state index contributed by atoms with van der Waals surface area (Å²) < 4.78 is 5.21. The minimum Gasteiger partial charge on any atom is -0.506 e. The number of furan rings is 1. The van der Waals surface area contributed by atoms with Crippen LogP contribution in [-0.4, -0.2) is 5.11 Å². The maximum absolute atomic E-state index is 9.73. The van der Waals surface area contributed by atoms with E-state index in [-0.39, 0.29) is 10.8 Å². The molecule has 1 heterocycles. The smallest absolute Gasteiger partial charge is 0.137 e. The Morgan fingerprint density at radius 1 is 1.19 bits per heavy atom. The zero-order valence-corrected chi connectivity index (χ0v) is 9.92. The van der Waals surface area contributed by atoms with Crippen LogP contribution in [0.5, 0.6) is 5.75 Å². The highest BCUT2D eigenvalue weighted by atomic mass is 35.5. The van der Waals surface area contributed by atoms with Gasteiger partial charge in [-0.15, -0.1) is 0 Å². The highest BCUT2D eigenvalue weighted by molar-refractivity contribution is 6.35. The van der Waals surface area contributed by atoms with Crippen LogP contribution in [0.1, 0.15) is 11.3 Å². The van der Waals surface area contributed by atoms with Crippen LogP contribution < -0.4 is 0 Å². The van der Waals surface area contributed by atoms with E-state index in [0.717, 1.165) is 11.3 Å². The molecule has 0 fully saturated rings. The zero-order chi connectivity index (χ0) is 11.5. The number of halogens is 2. The monoisotopic (exact) mass is 256 g/mol. The lowest BCUT2D eigenvalue weighted by Gasteiger charge is -2.06. The molecule has 0 bridgehead atoms. The second-order valence-electron chi connectivity index (χ2n) is 3.47. The Hall–Kier alpha value is -1.12. The standard InChI is InChI=1S/C12H10Cl2O2/c13-9-6-8(12(15)11(14)7-9)3-4-10-2-1-5-16-10/h1-2,5-7,15H,3-4H2. The van der Waals surface area contributed by atoms with Gasteiger partial charge in [-0.05, 0) is 36.2 Å². The van der Waals surface area contributed by atoms with Crippen LogP contribution in [0.25, 0.3) is 0 Å². The van der Waals surface area contributed by atoms with E-state index in [9.17, 15) is 5.11 Å². The van der Waals surface area contributed by atoms with E-state index in [1.807, 2.05) is 12.1 Å². The van der Waals surface area contributed by atoms with E-state index in [0.29, 0.717) is 17.9 Å². The minimum absolute atomic E-state index is 0.0950. The fourth-order valence-electron chi connectivity index (χ4n) is 1.52. The van der Waals surface area contributed by atoms with Crippen molar-refractivity contribution in [3.05, 3.63) is 51.9 Å². The molecule has 0 aliphatic carbocycles. The van der Waals surface area contributed by atoms with Gasteiger partial charge in [-0.3, -0.25) is 0 Å². The Labute approximate surface area is 103 Å². The summed E-state index contributed by atoms with van der Waals surface area (Å²) in [6, 6.07) is 6.96. The summed E-state index contributed by atoms with van der Waals surface area (Å²) in [6.07, 6.45) is 2.97. The van der Waals surface area contributed by atoms with E-state index < -0.39 is 0 Å². The van der Waals surface area contributed by atoms with Gasteiger partial charge in [-0.2, -0.15) is 0 Å². The molecule has 0 unspecified atom stereocenters. The van der Waals surface area contributed by atoms with E-state index in [2.05, 4.69) is 0 Å². The second kappa shape index (κ2) is 4.81. The van der Waals surface area contributed by atoms with Crippen LogP contribution in [-0.2, 0) is 12.8 Å². The van der Waals surface area contributed by atoms with Gasteiger partial charge in [-0.25, -0.2) is 0 Å². The van der Waals surface area contributed by atoms with Crippen LogP contribution in [0.4, 0.5) is 0 Å². The number of hydrogen-bond donors (Lipinski definition) is 1. The molecule has 1 aromatic heterocycles. The number of aryl methyl sites for hydroxylation is 2. The van der Waals surface area contributed by atoms with Gasteiger partial charge in [0.15, 0.2) is 0 Å². The molecule has 0 spiro atoms. The van der Waals surface area contributed by atoms with Gasteiger partial charge in [0.25, 0.3) is 0 Å². The molecule has 2 aromatic rings. The normalized spacial score (nSPS) is 10.6. The van der Waals surface area contributed by atoms with Gasteiger partial charge >= 0.3 is 0 Å². The van der Waals surface area contributed by atoms with Gasteiger partial charge in [0, 0.05) is 11.4 Å². The summed E-state index contributed by atoms with van der Waals surface area (Å²) in [5.74, 6) is 0.966. The zero-order valence-electron chi connectivity index (χ0n) is 8.41. The molecule has 0 radical (unpaired) electrons. The Balaban J connectivity index is 2.15. The predicted octanol–water partition coefficient (Wildman–Crippen LogP) is 4.08. The van der Waals surface area contributed by atoms with E-state index >= 15 is 0 Å². The van der Waals surface area contributed by atoms with Gasteiger partial charge in [0.2, 0.25) is 0 Å². The summed E-state index contributed by atoms with van der Waals surface area (Å²) in [5.41, 5.74) is 0.730. The molecule has 0 amide bonds. The van der Waals surface area contributed by atoms with Crippen molar-refractivity contribution in [2.45, 2.75) is 12.8 Å². The Bertz CT molecular complexity index is 478. The third kappa shape index (κ3) is 2.52. The van der Waals surface area contributed by atoms with E-state index in [1.165, 1.54) is 6.07 Å². The molecule has 0 atom stereocenters. The maximum atomic E-state index is 9.73. The van der Waals surface area contributed by atoms with Crippen LogP contribution in [0.3, 0.4) is 0 Å². The van der Waals surface area contributed by atoms with E-state index in [1.54, 1.807) is 12.3 Å². The number of benzene rings is 1. The lowest BCUT2D eigenvalue weighted by Crippen LogP contribution is -1.91. The SMILES string of the molecule is Oc1c(Cl)cc(Cl)cc1CCc1ccco1. The summed E-state index contributed by atoms with van der Waals surface area (Å²) in [6.45, 7) is 0. The van der Waals surface area contributed by atoms with Crippen molar-refractivity contribution in [3.8, 4) is 5.75 Å². The van der Waals surface area contributed by atoms with Crippen molar-refractivity contribution < 1.29 is 9.52 Å². The number of phenols is 1. The van der Waals surface area contributed by atoms with Gasteiger partial charge in [-0.1, -0.05) is 23.2 Å². The van der Waals surface area contributed by atoms with Crippen molar-refractivity contribution in [1.29, 1.82) is 0 Å². The molecule has 1 N–H and O–H groups in total. The number of phenolic OH excluding ortho intramolecular Hbond substituents is 1. The lowest BCUT2D eigenvalue weighted by molar-refractivity contribution is 0.464. The largest absolute Gasteiger partial charge is 0.506 e. The molecule has 0 saturated heterocycles. The molecule has 0 aliphatic rings. The molecular formula is C12H10Cl2O2. The van der Waals surface area contributed by atoms with Gasteiger partial charge in [0.05, 0.1) is 11.3 Å². The maximum Gasteiger partial charge on any atom is 0.137 e. The quantitative estimate of drug-likeness (QED) is 0.898. The average molecular weight is 257 g/mol. The molecule has 16 heavy (non-hydrogen) atoms. The van der Waals surface area contributed by atoms with Gasteiger partial charge in [0.1, 0.15) is 11.5 Å². The van der Waals surface area contributed by atoms with E-state index in [4.69, 9.17) is 27.6 Å². The topological polar surface area (TPSA) is 33.4 Å². The average Bonchev–Trinajstić information content (AvgIpc) is 2.74. The van der Waals surface area contributed by atoms with Crippen LogP contribution in [0, 0.1) is 0 Å². The van der Waals surface area contributed by atoms with Crippen molar-refractivity contribution in [2.75, 3.05) is 0 Å². The van der Waals surface area contributed by atoms with Gasteiger partial charge < -0.3 is 9.52 Å². The van der Waals surface area contributed by atoms with Crippen molar-refractivity contribution >= 4 is 23.2 Å². The number of aromatic hydroxyl groups is 1. The van der Waals surface area contributed by atoms with Crippen molar-refractivity contribution in [1.82, 2.24) is 0 Å². The summed E-state index contributed by atoms with van der Waals surface area (Å²) in [7, 11) is 0. The summed E-state index contributed by atoms with van der Waals surface area (Å²) in [5, 5.41) is 10.5. The molecule has 84 valence electrons. The van der Waals surface area contributed by atoms with Crippen LogP contribution in [0.2, 0.25) is 10.0 Å². The molecule has 1 aromatic carbocycles. The van der Waals surface area contributed by atoms with Crippen molar-refractivity contribution in [2.24, 2.45) is 0 Å². The first-order valence-corrected chi connectivity index (χ1v) is 5.61. The fourth-order valence-corrected chi connectivity index (χ4v) is 2.06. The summed E-state index contributed by atoms with van der Waals surface area (Å²) in [4.78, 5) is 0. The fraction of sp³-hybridized carbons (Fsp3) is 0.167. The highest BCUT2D eigenvalue weighted by Crippen LogP contribution is 2.31. The molecule has 4 heteroatoms. The van der Waals surface area contributed by atoms with Crippen LogP contribution >= 0.6 is 23.2 Å². The third-order valence-electron chi connectivity index (χ3n) is 2.33. The highest BCUT2D eigenvalue weighted by Gasteiger charge is 2.08.